The van der Waals surface area contributed by atoms with Gasteiger partial charge in [-0.05, 0) is 116 Å². The third kappa shape index (κ3) is 76.9. The fourth-order valence-electron chi connectivity index (χ4n) is 10.5. The van der Waals surface area contributed by atoms with Crippen molar-refractivity contribution >= 4 is 19.8 Å². The van der Waals surface area contributed by atoms with Crippen LogP contribution in [-0.4, -0.2) is 70.0 Å². The number of phosphoric acid groups is 1. The molecule has 0 heterocycles. The lowest BCUT2D eigenvalue weighted by Gasteiger charge is -2.28. The van der Waals surface area contributed by atoms with Crippen LogP contribution in [0.3, 0.4) is 0 Å². The van der Waals surface area contributed by atoms with Crippen molar-refractivity contribution in [3.63, 3.8) is 0 Å². The van der Waals surface area contributed by atoms with Crippen molar-refractivity contribution < 1.29 is 42.1 Å². The third-order valence-corrected chi connectivity index (χ3v) is 17.3. The molecule has 0 saturated heterocycles. The molecule has 0 N–H and O–H groups in total. The number of carbonyl (C=O) groups is 2. The van der Waals surface area contributed by atoms with E-state index in [1.54, 1.807) is 0 Å². The predicted molar refractivity (Wildman–Crippen MR) is 406 cm³/mol. The monoisotopic (exact) mass is 1330 g/mol. The number of nitrogens with zero attached hydrogens (tertiary/aromatic N) is 1. The molecular formula is C84H144NO8P. The summed E-state index contributed by atoms with van der Waals surface area (Å²) in [5.74, 6) is -0.859. The van der Waals surface area contributed by atoms with Crippen LogP contribution >= 0.6 is 7.82 Å². The average molecular weight is 1330 g/mol. The molecule has 0 aliphatic carbocycles. The summed E-state index contributed by atoms with van der Waals surface area (Å²) in [6.07, 6.45) is 108. The smallest absolute Gasteiger partial charge is 0.306 e. The van der Waals surface area contributed by atoms with Crippen LogP contribution in [-0.2, 0) is 32.7 Å². The molecule has 0 saturated carbocycles. The van der Waals surface area contributed by atoms with Crippen LogP contribution in [0.2, 0.25) is 0 Å². The number of hydrogen-bond acceptors (Lipinski definition) is 8. The number of hydrogen-bond donors (Lipinski definition) is 0. The fourth-order valence-corrected chi connectivity index (χ4v) is 11.3. The Hall–Kier alpha value is -4.11. The Morgan fingerprint density at radius 3 is 0.851 bits per heavy atom. The molecule has 0 aromatic heterocycles. The summed E-state index contributed by atoms with van der Waals surface area (Å²) >= 11 is 0. The lowest BCUT2D eigenvalue weighted by Crippen LogP contribution is -2.37. The van der Waals surface area contributed by atoms with Crippen molar-refractivity contribution in [2.24, 2.45) is 0 Å². The summed E-state index contributed by atoms with van der Waals surface area (Å²) in [6.45, 7) is 4.00. The average Bonchev–Trinajstić information content (AvgIpc) is 1.65. The summed E-state index contributed by atoms with van der Waals surface area (Å²) in [7, 11) is 1.14. The maximum Gasteiger partial charge on any atom is 0.306 e. The Bertz CT molecular complexity index is 2100. The molecule has 0 fully saturated rings. The molecule has 0 bridgehead atoms. The predicted octanol–water partition coefficient (Wildman–Crippen LogP) is 25.1. The van der Waals surface area contributed by atoms with Crippen molar-refractivity contribution in [2.75, 3.05) is 47.5 Å². The van der Waals surface area contributed by atoms with Gasteiger partial charge in [0.15, 0.2) is 6.10 Å². The summed E-state index contributed by atoms with van der Waals surface area (Å²) in [4.78, 5) is 38.1. The highest BCUT2D eigenvalue weighted by Gasteiger charge is 2.22. The molecule has 0 aromatic rings. The molecule has 0 rings (SSSR count). The van der Waals surface area contributed by atoms with Gasteiger partial charge in [0.1, 0.15) is 19.8 Å². The van der Waals surface area contributed by atoms with Crippen molar-refractivity contribution in [1.29, 1.82) is 0 Å². The molecule has 0 radical (unpaired) electrons. The van der Waals surface area contributed by atoms with Crippen LogP contribution in [0.1, 0.15) is 322 Å². The highest BCUT2D eigenvalue weighted by Crippen LogP contribution is 2.38. The van der Waals surface area contributed by atoms with E-state index in [1.165, 1.54) is 167 Å². The fraction of sp³-hybridized carbons (Fsp3) is 0.690. The van der Waals surface area contributed by atoms with Crippen molar-refractivity contribution in [1.82, 2.24) is 0 Å². The summed E-state index contributed by atoms with van der Waals surface area (Å²) < 4.78 is 34.3. The summed E-state index contributed by atoms with van der Waals surface area (Å²) in [5.41, 5.74) is 0. The first-order valence-electron chi connectivity index (χ1n) is 38.5. The molecule has 538 valence electrons. The maximum atomic E-state index is 12.9. The summed E-state index contributed by atoms with van der Waals surface area (Å²) in [6, 6.07) is 0. The summed E-state index contributed by atoms with van der Waals surface area (Å²) in [5, 5.41) is 0. The number of ether oxygens (including phenoxy) is 2. The highest BCUT2D eigenvalue weighted by molar-refractivity contribution is 7.45. The van der Waals surface area contributed by atoms with E-state index in [2.05, 4.69) is 160 Å². The van der Waals surface area contributed by atoms with Gasteiger partial charge in [-0.2, -0.15) is 0 Å². The minimum atomic E-state index is -4.66. The van der Waals surface area contributed by atoms with Gasteiger partial charge < -0.3 is 27.9 Å². The van der Waals surface area contributed by atoms with E-state index in [0.717, 1.165) is 122 Å². The van der Waals surface area contributed by atoms with Gasteiger partial charge in [-0.15, -0.1) is 0 Å². The highest BCUT2D eigenvalue weighted by atomic mass is 31.2. The molecule has 10 heteroatoms. The van der Waals surface area contributed by atoms with Gasteiger partial charge in [0.25, 0.3) is 7.82 Å². The number of rotatable bonds is 70. The van der Waals surface area contributed by atoms with Crippen LogP contribution in [0.5, 0.6) is 0 Å². The Kier molecular flexibility index (Phi) is 69.9. The largest absolute Gasteiger partial charge is 0.756 e. The molecule has 94 heavy (non-hydrogen) atoms. The van der Waals surface area contributed by atoms with Gasteiger partial charge in [-0.25, -0.2) is 0 Å². The van der Waals surface area contributed by atoms with Gasteiger partial charge in [0.05, 0.1) is 27.7 Å². The topological polar surface area (TPSA) is 111 Å². The van der Waals surface area contributed by atoms with Gasteiger partial charge in [0, 0.05) is 12.8 Å². The number of unbranched alkanes of at least 4 members (excludes halogenated alkanes) is 32. The Morgan fingerprint density at radius 1 is 0.330 bits per heavy atom. The van der Waals surface area contributed by atoms with Gasteiger partial charge in [-0.3, -0.25) is 14.2 Å². The number of esters is 2. The lowest BCUT2D eigenvalue weighted by atomic mass is 10.0. The minimum absolute atomic E-state index is 0.0416. The number of likely N-dealkylation sites (N-methyl/N-ethyl adjacent to an activating group) is 1. The first-order chi connectivity index (χ1) is 46.0. The van der Waals surface area contributed by atoms with Crippen LogP contribution < -0.4 is 4.89 Å². The first kappa shape index (κ1) is 89.9. The van der Waals surface area contributed by atoms with Crippen molar-refractivity contribution in [3.8, 4) is 0 Å². The number of quaternary nitrogens is 1. The van der Waals surface area contributed by atoms with Gasteiger partial charge >= 0.3 is 11.9 Å². The Labute approximate surface area is 580 Å². The normalized spacial score (nSPS) is 13.9. The lowest BCUT2D eigenvalue weighted by molar-refractivity contribution is -0.870. The molecule has 0 aliphatic rings. The van der Waals surface area contributed by atoms with Crippen molar-refractivity contribution in [2.45, 2.75) is 328 Å². The van der Waals surface area contributed by atoms with Gasteiger partial charge in [0.2, 0.25) is 0 Å². The molecule has 0 spiro atoms. The first-order valence-corrected chi connectivity index (χ1v) is 40.0. The van der Waals surface area contributed by atoms with Crippen molar-refractivity contribution in [3.05, 3.63) is 146 Å². The zero-order chi connectivity index (χ0) is 68.3. The molecule has 0 aliphatic heterocycles. The molecular weight excluding hydrogens is 1180 g/mol. The number of carbonyl (C=O) groups excluding carboxylic acids is 2. The number of phosphoric ester groups is 1. The van der Waals surface area contributed by atoms with E-state index >= 15 is 0 Å². The van der Waals surface area contributed by atoms with E-state index < -0.39 is 26.5 Å². The van der Waals surface area contributed by atoms with E-state index in [4.69, 9.17) is 18.5 Å². The molecule has 9 nitrogen and oxygen atoms in total. The molecule has 0 aromatic carbocycles. The minimum Gasteiger partial charge on any atom is -0.756 e. The quantitative estimate of drug-likeness (QED) is 0.0195. The van der Waals surface area contributed by atoms with Crippen LogP contribution in [0.25, 0.3) is 0 Å². The number of allylic oxidation sites excluding steroid dienone is 24. The third-order valence-electron chi connectivity index (χ3n) is 16.4. The van der Waals surface area contributed by atoms with Gasteiger partial charge in [-0.1, -0.05) is 339 Å². The Morgan fingerprint density at radius 2 is 0.574 bits per heavy atom. The van der Waals surface area contributed by atoms with Crippen LogP contribution in [0.4, 0.5) is 0 Å². The van der Waals surface area contributed by atoms with E-state index in [9.17, 15) is 19.0 Å². The molecule has 0 amide bonds. The Balaban J connectivity index is 3.99. The second-order valence-electron chi connectivity index (χ2n) is 26.6. The SMILES string of the molecule is CC/C=C\C/C=C\C/C=C\C/C=C\C/C=C\C/C=C\C/C=C\C/C=C\CCCCCCC(=O)OC(COC(=O)CCCCCCCCCCCCCCCCCCCCCCCCCCCCCC/C=C\C/C=C\C/C=C\C/C=C\CC)COP(=O)([O-])OCC[N+](C)(C)C. The molecule has 2 atom stereocenters. The van der Waals surface area contributed by atoms with E-state index in [1.807, 2.05) is 21.1 Å². The standard InChI is InChI=1S/C84H144NO8P/c1-6-8-10-12-14-16-18-20-22-24-26-28-30-32-34-36-37-38-39-40-41-42-43-44-45-46-47-49-50-52-54-56-58-60-62-64-66-68-70-72-74-76-83(86)90-80-82(81-92-94(88,89)91-79-78-85(3,4)5)93-84(87)77-75-73-71-69-67-65-63-61-59-57-55-53-51-48-35-33-31-29-27-25-23-21-19-17-15-13-11-9-7-2/h8-11,14-17,20-23,26-29,33,35,51,53,57,59,63,65,82H,6-7,12-13,18-19,24-25,30-32,34,36-50,52,54-56,58,60-62,64,66-81H2,1-5H3/b10-8-,11-9-,16-14-,17-15-,22-20-,23-21-,28-26-,29-27-,35-33-,53-51-,59-57-,65-63-. The zero-order valence-corrected chi connectivity index (χ0v) is 62.3. The van der Waals surface area contributed by atoms with E-state index in [-0.39, 0.29) is 32.0 Å². The second-order valence-corrected chi connectivity index (χ2v) is 28.0. The van der Waals surface area contributed by atoms with Crippen LogP contribution in [0, 0.1) is 0 Å². The zero-order valence-electron chi connectivity index (χ0n) is 61.4. The second kappa shape index (κ2) is 73.1. The van der Waals surface area contributed by atoms with E-state index in [0.29, 0.717) is 17.4 Å². The van der Waals surface area contributed by atoms with Crippen LogP contribution in [0.15, 0.2) is 146 Å². The molecule has 2 unspecified atom stereocenters. The maximum absolute atomic E-state index is 12.9.